The van der Waals surface area contributed by atoms with E-state index in [4.69, 9.17) is 38.7 Å². The standard InChI is InChI=1S/C102H62N8O2/c1-4-22-64(23-5-1)97-103-98(65-24-6-2-7-25-65)106-101(105-97)75-32-16-28-68(56-75)71-31-19-35-78(59-71)110-90-44-14-11-37-82(90)84-54-52-74(61-92(84)110)80-40-21-42-88-86-55-50-72(62-94(86)112-96(80)88)69-29-17-33-76(57-69)102-107-99(66-26-8-3-9-27-66)104-100(108-102)67-48-46-63(47-49-67)70-30-18-34-77(58-70)109-89-43-13-10-36-81(89)83-53-51-73(60-91(83)109)79-39-20-41-87-85-38-12-15-45-93(85)111-95(79)87/h1-62H. The molecule has 0 radical (unpaired) electrons. The predicted molar refractivity (Wildman–Crippen MR) is 456 cm³/mol. The Morgan fingerprint density at radius 1 is 0.170 bits per heavy atom. The van der Waals surface area contributed by atoms with Crippen LogP contribution in [0.15, 0.2) is 385 Å². The van der Waals surface area contributed by atoms with Gasteiger partial charge in [-0.1, -0.05) is 297 Å². The molecule has 0 aliphatic rings. The van der Waals surface area contributed by atoms with Crippen molar-refractivity contribution in [2.75, 3.05) is 0 Å². The fraction of sp³-hybridized carbons (Fsp3) is 0. The smallest absolute Gasteiger partial charge is 0.164 e. The zero-order valence-electron chi connectivity index (χ0n) is 60.2. The van der Waals surface area contributed by atoms with Crippen LogP contribution < -0.4 is 0 Å². The molecule has 112 heavy (non-hydrogen) atoms. The van der Waals surface area contributed by atoms with E-state index in [1.165, 1.54) is 16.2 Å². The Labute approximate surface area is 642 Å². The molecule has 0 bridgehead atoms. The van der Waals surface area contributed by atoms with Crippen molar-refractivity contribution >= 4 is 87.5 Å². The molecule has 522 valence electrons. The van der Waals surface area contributed by atoms with Gasteiger partial charge in [-0.05, 0) is 123 Å². The second-order valence-corrected chi connectivity index (χ2v) is 28.5. The first-order valence-electron chi connectivity index (χ1n) is 37.6. The number of fused-ring (bicyclic) bond motifs is 12. The summed E-state index contributed by atoms with van der Waals surface area (Å²) in [7, 11) is 0. The number of hydrogen-bond acceptors (Lipinski definition) is 8. The maximum Gasteiger partial charge on any atom is 0.164 e. The van der Waals surface area contributed by atoms with Crippen LogP contribution in [0.25, 0.3) is 223 Å². The highest BCUT2D eigenvalue weighted by atomic mass is 16.3. The first-order valence-corrected chi connectivity index (χ1v) is 37.6. The van der Waals surface area contributed by atoms with Crippen LogP contribution in [-0.2, 0) is 0 Å². The van der Waals surface area contributed by atoms with Crippen molar-refractivity contribution in [3.05, 3.63) is 376 Å². The average molecular weight is 1430 g/mol. The molecule has 0 unspecified atom stereocenters. The van der Waals surface area contributed by atoms with Crippen molar-refractivity contribution in [2.24, 2.45) is 0 Å². The van der Waals surface area contributed by atoms with Crippen molar-refractivity contribution < 1.29 is 8.83 Å². The normalized spacial score (nSPS) is 11.8. The largest absolute Gasteiger partial charge is 0.455 e. The molecular weight excluding hydrogens is 1370 g/mol. The first kappa shape index (κ1) is 64.0. The van der Waals surface area contributed by atoms with Crippen LogP contribution in [-0.4, -0.2) is 39.0 Å². The number of furan rings is 2. The molecule has 0 saturated carbocycles. The van der Waals surface area contributed by atoms with Crippen LogP contribution in [0.4, 0.5) is 0 Å². The zero-order valence-corrected chi connectivity index (χ0v) is 60.2. The lowest BCUT2D eigenvalue weighted by Gasteiger charge is -2.12. The predicted octanol–water partition coefficient (Wildman–Crippen LogP) is 26.4. The topological polar surface area (TPSA) is 113 Å². The van der Waals surface area contributed by atoms with Gasteiger partial charge in [0.25, 0.3) is 0 Å². The van der Waals surface area contributed by atoms with Crippen molar-refractivity contribution in [3.63, 3.8) is 0 Å². The lowest BCUT2D eigenvalue weighted by Crippen LogP contribution is -2.00. The van der Waals surface area contributed by atoms with Crippen LogP contribution in [0.5, 0.6) is 0 Å². The second kappa shape index (κ2) is 26.3. The summed E-state index contributed by atoms with van der Waals surface area (Å²) in [5.41, 5.74) is 25.9. The van der Waals surface area contributed by atoms with E-state index in [9.17, 15) is 0 Å². The molecule has 0 fully saturated rings. The molecule has 6 heterocycles. The molecule has 16 aromatic carbocycles. The number of aromatic nitrogens is 8. The van der Waals surface area contributed by atoms with Gasteiger partial charge in [0.2, 0.25) is 0 Å². The van der Waals surface area contributed by atoms with Gasteiger partial charge in [-0.3, -0.25) is 0 Å². The Balaban J connectivity index is 0.573. The number of hydrogen-bond donors (Lipinski definition) is 0. The third kappa shape index (κ3) is 11.0. The molecule has 0 spiro atoms. The number of rotatable bonds is 13. The molecule has 22 rings (SSSR count). The number of benzene rings is 16. The molecule has 0 amide bonds. The van der Waals surface area contributed by atoms with E-state index in [2.05, 4.69) is 282 Å². The minimum Gasteiger partial charge on any atom is -0.455 e. The maximum atomic E-state index is 7.06. The van der Waals surface area contributed by atoms with Crippen molar-refractivity contribution in [1.82, 2.24) is 39.0 Å². The summed E-state index contributed by atoms with van der Waals surface area (Å²) >= 11 is 0. The van der Waals surface area contributed by atoms with Gasteiger partial charge < -0.3 is 18.0 Å². The average Bonchev–Trinajstić information content (AvgIpc) is 1.61. The van der Waals surface area contributed by atoms with Gasteiger partial charge in [0.15, 0.2) is 34.9 Å². The van der Waals surface area contributed by atoms with Gasteiger partial charge in [0, 0.05) is 99.0 Å². The summed E-state index contributed by atoms with van der Waals surface area (Å²) in [6.07, 6.45) is 0. The fourth-order valence-electron chi connectivity index (χ4n) is 16.4. The van der Waals surface area contributed by atoms with E-state index >= 15 is 0 Å². The molecular formula is C102H62N8O2. The summed E-state index contributed by atoms with van der Waals surface area (Å²) in [6.45, 7) is 0. The Hall–Kier alpha value is -15.3. The molecule has 0 saturated heterocycles. The molecule has 0 aliphatic heterocycles. The summed E-state index contributed by atoms with van der Waals surface area (Å²) in [6, 6.07) is 132. The number of para-hydroxylation sites is 5. The van der Waals surface area contributed by atoms with Crippen LogP contribution in [0.3, 0.4) is 0 Å². The highest BCUT2D eigenvalue weighted by Gasteiger charge is 2.23. The first-order chi connectivity index (χ1) is 55.5. The Morgan fingerprint density at radius 3 is 0.964 bits per heavy atom. The maximum absolute atomic E-state index is 7.06. The van der Waals surface area contributed by atoms with Gasteiger partial charge in [-0.25, -0.2) is 29.9 Å². The lowest BCUT2D eigenvalue weighted by atomic mass is 9.99. The number of nitrogens with zero attached hydrogens (tertiary/aromatic N) is 8. The van der Waals surface area contributed by atoms with Gasteiger partial charge in [0.1, 0.15) is 22.3 Å². The fourth-order valence-corrected chi connectivity index (χ4v) is 16.4. The van der Waals surface area contributed by atoms with Gasteiger partial charge >= 0.3 is 0 Å². The Bertz CT molecular complexity index is 7450. The molecule has 0 atom stereocenters. The molecule has 10 nitrogen and oxygen atoms in total. The van der Waals surface area contributed by atoms with E-state index in [1.807, 2.05) is 103 Å². The van der Waals surface area contributed by atoms with E-state index in [0.717, 1.165) is 172 Å². The van der Waals surface area contributed by atoms with E-state index in [0.29, 0.717) is 34.9 Å². The summed E-state index contributed by atoms with van der Waals surface area (Å²) in [4.78, 5) is 30.7. The van der Waals surface area contributed by atoms with E-state index in [-0.39, 0.29) is 0 Å². The Kier molecular flexibility index (Phi) is 15.0. The van der Waals surface area contributed by atoms with Gasteiger partial charge in [-0.2, -0.15) is 0 Å². The molecule has 10 heteroatoms. The van der Waals surface area contributed by atoms with Crippen molar-refractivity contribution in [1.29, 1.82) is 0 Å². The highest BCUT2D eigenvalue weighted by molar-refractivity contribution is 6.15. The summed E-state index contributed by atoms with van der Waals surface area (Å²) in [5, 5.41) is 9.02. The SMILES string of the molecule is c1ccc(-c2nc(-c3ccccc3)nc(-c3cccc(-c4cccc(-n5c6ccccc6c6ccc(-c7cccc8c7oc7cc(-c9cccc(-c%10nc(-c%11ccccc%11)nc(-c%11ccc(-c%12cccc(-n%13c%14ccccc%14c%14ccc(-c%15cccc%16c%15oc%15ccccc%15%16)cc%14%13)c%12)cc%11)n%10)c9)ccc78)cc65)c4)c3)n2)cc1. The highest BCUT2D eigenvalue weighted by Crippen LogP contribution is 2.44. The summed E-state index contributed by atoms with van der Waals surface area (Å²) < 4.78 is 18.4. The van der Waals surface area contributed by atoms with Crippen LogP contribution in [0.2, 0.25) is 0 Å². The van der Waals surface area contributed by atoms with Crippen LogP contribution in [0, 0.1) is 0 Å². The van der Waals surface area contributed by atoms with E-state index in [1.54, 1.807) is 0 Å². The molecule has 6 aromatic heterocycles. The minimum absolute atomic E-state index is 0.572. The monoisotopic (exact) mass is 1430 g/mol. The third-order valence-corrected chi connectivity index (χ3v) is 21.8. The lowest BCUT2D eigenvalue weighted by molar-refractivity contribution is 0.669. The zero-order chi connectivity index (χ0) is 73.7. The molecule has 22 aromatic rings. The summed E-state index contributed by atoms with van der Waals surface area (Å²) in [5.74, 6) is 3.60. The van der Waals surface area contributed by atoms with Crippen molar-refractivity contribution in [3.8, 4) is 135 Å². The quantitative estimate of drug-likeness (QED) is 0.112. The van der Waals surface area contributed by atoms with Gasteiger partial charge in [-0.15, -0.1) is 0 Å². The third-order valence-electron chi connectivity index (χ3n) is 21.8. The molecule has 0 N–H and O–H groups in total. The van der Waals surface area contributed by atoms with Crippen molar-refractivity contribution in [2.45, 2.75) is 0 Å². The van der Waals surface area contributed by atoms with E-state index < -0.39 is 0 Å². The Morgan fingerprint density at radius 2 is 0.473 bits per heavy atom. The minimum atomic E-state index is 0.572. The second-order valence-electron chi connectivity index (χ2n) is 28.5. The van der Waals surface area contributed by atoms with Crippen LogP contribution in [0.1, 0.15) is 0 Å². The molecule has 0 aliphatic carbocycles. The van der Waals surface area contributed by atoms with Crippen LogP contribution >= 0.6 is 0 Å². The van der Waals surface area contributed by atoms with Gasteiger partial charge in [0.05, 0.1) is 22.1 Å².